The summed E-state index contributed by atoms with van der Waals surface area (Å²) in [4.78, 5) is 12.4. The van der Waals surface area contributed by atoms with Crippen LogP contribution in [0, 0.1) is 16.7 Å². The number of hydrogen-bond donors (Lipinski definition) is 1. The highest BCUT2D eigenvalue weighted by Crippen LogP contribution is 2.38. The summed E-state index contributed by atoms with van der Waals surface area (Å²) in [5.41, 5.74) is -0.796. The second-order valence-electron chi connectivity index (χ2n) is 6.12. The van der Waals surface area contributed by atoms with Crippen LogP contribution >= 0.6 is 0 Å². The van der Waals surface area contributed by atoms with Crippen molar-refractivity contribution in [3.05, 3.63) is 23.8 Å². The van der Waals surface area contributed by atoms with Crippen molar-refractivity contribution in [3.8, 4) is 17.6 Å². The first-order valence-electron chi connectivity index (χ1n) is 7.79. The average Bonchev–Trinajstić information content (AvgIpc) is 3.02. The summed E-state index contributed by atoms with van der Waals surface area (Å²) in [6.07, 6.45) is 2.73. The van der Waals surface area contributed by atoms with Crippen molar-refractivity contribution in [3.63, 3.8) is 0 Å². The van der Waals surface area contributed by atoms with E-state index in [1.165, 1.54) is 6.07 Å². The van der Waals surface area contributed by atoms with Gasteiger partial charge in [-0.05, 0) is 25.0 Å². The standard InChI is InChI=1S/C16H18N2O5S/c17-10-16(6-1-2-7-16)11-24(20,21)18-15(19)12-4-3-5-13-14(12)23-9-8-22-13/h3-5H,1-2,6-9,11H2,(H,18,19). The van der Waals surface area contributed by atoms with E-state index in [0.29, 0.717) is 31.8 Å². The summed E-state index contributed by atoms with van der Waals surface area (Å²) in [7, 11) is -3.93. The van der Waals surface area contributed by atoms with Gasteiger partial charge in [0.1, 0.15) is 13.2 Å². The van der Waals surface area contributed by atoms with E-state index in [0.717, 1.165) is 12.8 Å². The molecule has 7 nitrogen and oxygen atoms in total. The Morgan fingerprint density at radius 3 is 2.67 bits per heavy atom. The molecule has 8 heteroatoms. The van der Waals surface area contributed by atoms with Crippen LogP contribution in [0.15, 0.2) is 18.2 Å². The fourth-order valence-electron chi connectivity index (χ4n) is 3.19. The highest BCUT2D eigenvalue weighted by molar-refractivity contribution is 7.90. The number of sulfonamides is 1. The Labute approximate surface area is 140 Å². The number of para-hydroxylation sites is 1. The lowest BCUT2D eigenvalue weighted by Gasteiger charge is -2.22. The number of nitriles is 1. The minimum absolute atomic E-state index is 0.105. The second kappa shape index (κ2) is 6.32. The maximum absolute atomic E-state index is 12.4. The van der Waals surface area contributed by atoms with Crippen LogP contribution in [0.2, 0.25) is 0 Å². The summed E-state index contributed by atoms with van der Waals surface area (Å²) in [5, 5.41) is 9.33. The highest BCUT2D eigenvalue weighted by Gasteiger charge is 2.39. The van der Waals surface area contributed by atoms with Crippen molar-refractivity contribution in [2.45, 2.75) is 25.7 Å². The molecule has 1 heterocycles. The lowest BCUT2D eigenvalue weighted by molar-refractivity contribution is 0.0970. The zero-order chi connectivity index (χ0) is 17.2. The molecule has 0 spiro atoms. The Morgan fingerprint density at radius 1 is 1.25 bits per heavy atom. The van der Waals surface area contributed by atoms with Gasteiger partial charge in [0.15, 0.2) is 11.5 Å². The van der Waals surface area contributed by atoms with E-state index in [4.69, 9.17) is 9.47 Å². The van der Waals surface area contributed by atoms with Crippen LogP contribution in [0.1, 0.15) is 36.0 Å². The molecule has 0 saturated heterocycles. The third-order valence-electron chi connectivity index (χ3n) is 4.32. The van der Waals surface area contributed by atoms with Crippen LogP contribution in [0.5, 0.6) is 11.5 Å². The van der Waals surface area contributed by atoms with Gasteiger partial charge in [0, 0.05) is 0 Å². The molecule has 1 aromatic rings. The molecule has 1 aromatic carbocycles. The number of fused-ring (bicyclic) bond motifs is 1. The summed E-state index contributed by atoms with van der Waals surface area (Å²) in [5.74, 6) is -0.486. The largest absolute Gasteiger partial charge is 0.486 e. The van der Waals surface area contributed by atoms with E-state index < -0.39 is 21.3 Å². The van der Waals surface area contributed by atoms with E-state index in [-0.39, 0.29) is 17.1 Å². The van der Waals surface area contributed by atoms with Crippen LogP contribution in [0.25, 0.3) is 0 Å². The van der Waals surface area contributed by atoms with Gasteiger partial charge in [-0.3, -0.25) is 4.79 Å². The topological polar surface area (TPSA) is 105 Å². The molecule has 1 aliphatic heterocycles. The average molecular weight is 350 g/mol. The summed E-state index contributed by atoms with van der Waals surface area (Å²) >= 11 is 0. The molecular weight excluding hydrogens is 332 g/mol. The van der Waals surface area contributed by atoms with E-state index in [2.05, 4.69) is 10.8 Å². The number of nitrogens with zero attached hydrogens (tertiary/aromatic N) is 1. The van der Waals surface area contributed by atoms with E-state index in [9.17, 15) is 18.5 Å². The molecule has 0 radical (unpaired) electrons. The third kappa shape index (κ3) is 3.31. The van der Waals surface area contributed by atoms with Crippen LogP contribution in [-0.4, -0.2) is 33.3 Å². The minimum Gasteiger partial charge on any atom is -0.486 e. The first-order chi connectivity index (χ1) is 11.4. The molecule has 0 bridgehead atoms. The first-order valence-corrected chi connectivity index (χ1v) is 9.45. The Kier molecular flexibility index (Phi) is 4.37. The van der Waals surface area contributed by atoms with Crippen molar-refractivity contribution in [2.24, 2.45) is 5.41 Å². The third-order valence-corrected chi connectivity index (χ3v) is 5.75. The maximum atomic E-state index is 12.4. The second-order valence-corrected chi connectivity index (χ2v) is 7.84. The smallest absolute Gasteiger partial charge is 0.268 e. The van der Waals surface area contributed by atoms with Gasteiger partial charge in [0.05, 0.1) is 22.8 Å². The molecule has 2 aliphatic rings. The first kappa shape index (κ1) is 16.6. The molecule has 1 saturated carbocycles. The van der Waals surface area contributed by atoms with Crippen molar-refractivity contribution >= 4 is 15.9 Å². The predicted molar refractivity (Wildman–Crippen MR) is 85.2 cm³/mol. The fraction of sp³-hybridized carbons (Fsp3) is 0.500. The van der Waals surface area contributed by atoms with E-state index >= 15 is 0 Å². The molecule has 0 aromatic heterocycles. The van der Waals surface area contributed by atoms with Gasteiger partial charge >= 0.3 is 0 Å². The van der Waals surface area contributed by atoms with Crippen molar-refractivity contribution in [2.75, 3.05) is 19.0 Å². The molecule has 128 valence electrons. The van der Waals surface area contributed by atoms with Gasteiger partial charge in [-0.2, -0.15) is 5.26 Å². The molecule has 1 N–H and O–H groups in total. The quantitative estimate of drug-likeness (QED) is 0.884. The van der Waals surface area contributed by atoms with Gasteiger partial charge in [0.2, 0.25) is 10.0 Å². The monoisotopic (exact) mass is 350 g/mol. The Morgan fingerprint density at radius 2 is 1.96 bits per heavy atom. The number of ether oxygens (including phenoxy) is 2. The van der Waals surface area contributed by atoms with Gasteiger partial charge in [-0.1, -0.05) is 18.9 Å². The van der Waals surface area contributed by atoms with Crippen LogP contribution in [0.3, 0.4) is 0 Å². The molecule has 1 amide bonds. The normalized spacial score (nSPS) is 18.6. The molecule has 1 fully saturated rings. The van der Waals surface area contributed by atoms with Gasteiger partial charge in [-0.15, -0.1) is 0 Å². The Hall–Kier alpha value is -2.27. The number of rotatable bonds is 4. The summed E-state index contributed by atoms with van der Waals surface area (Å²) in [6.45, 7) is 0.669. The SMILES string of the molecule is N#CC1(CS(=O)(=O)NC(=O)c2cccc3c2OCCO3)CCCC1. The van der Waals surface area contributed by atoms with Gasteiger partial charge in [0.25, 0.3) is 5.91 Å². The van der Waals surface area contributed by atoms with Crippen LogP contribution in [-0.2, 0) is 10.0 Å². The highest BCUT2D eigenvalue weighted by atomic mass is 32.2. The fourth-order valence-corrected chi connectivity index (χ4v) is 4.73. The molecule has 3 rings (SSSR count). The summed E-state index contributed by atoms with van der Waals surface area (Å²) < 4.78 is 37.6. The number of benzene rings is 1. The van der Waals surface area contributed by atoms with Crippen molar-refractivity contribution in [1.82, 2.24) is 4.72 Å². The minimum atomic E-state index is -3.93. The van der Waals surface area contributed by atoms with Gasteiger partial charge in [-0.25, -0.2) is 13.1 Å². The van der Waals surface area contributed by atoms with Gasteiger partial charge < -0.3 is 9.47 Å². The zero-order valence-electron chi connectivity index (χ0n) is 13.1. The number of hydrogen-bond acceptors (Lipinski definition) is 6. The zero-order valence-corrected chi connectivity index (χ0v) is 13.9. The summed E-state index contributed by atoms with van der Waals surface area (Å²) in [6, 6.07) is 6.86. The van der Waals surface area contributed by atoms with Crippen LogP contribution < -0.4 is 14.2 Å². The van der Waals surface area contributed by atoms with E-state index in [1.807, 2.05) is 0 Å². The molecule has 24 heavy (non-hydrogen) atoms. The van der Waals surface area contributed by atoms with E-state index in [1.54, 1.807) is 12.1 Å². The lowest BCUT2D eigenvalue weighted by atomic mass is 9.91. The van der Waals surface area contributed by atoms with Crippen molar-refractivity contribution in [1.29, 1.82) is 5.26 Å². The number of amides is 1. The number of carbonyl (C=O) groups excluding carboxylic acids is 1. The molecule has 0 atom stereocenters. The Balaban J connectivity index is 1.78. The number of carbonyl (C=O) groups is 1. The van der Waals surface area contributed by atoms with Crippen LogP contribution in [0.4, 0.5) is 0 Å². The molecule has 0 unspecified atom stereocenters. The number of nitrogens with one attached hydrogen (secondary N) is 1. The molecule has 1 aliphatic carbocycles. The van der Waals surface area contributed by atoms with Crippen molar-refractivity contribution < 1.29 is 22.7 Å². The lowest BCUT2D eigenvalue weighted by Crippen LogP contribution is -2.38. The molecular formula is C16H18N2O5S. The predicted octanol–water partition coefficient (Wildman–Crippen LogP) is 1.60. The Bertz CT molecular complexity index is 791. The maximum Gasteiger partial charge on any atom is 0.268 e.